The normalized spacial score (nSPS) is 9.87. The molecule has 0 amide bonds. The topological polar surface area (TPSA) is 46.5 Å². The number of carbonyl (C=O) groups is 1. The number of hydrogen-bond acceptors (Lipinski definition) is 3. The fraction of sp³-hybridized carbons (Fsp3) is 0.650. The number of aldehydes is 1. The molecule has 0 saturated carbocycles. The van der Waals surface area contributed by atoms with Gasteiger partial charge in [0.1, 0.15) is 12.0 Å². The van der Waals surface area contributed by atoms with Crippen LogP contribution in [0.1, 0.15) is 82.0 Å². The number of unbranched alkanes of at least 4 members (excludes halogenated alkanes) is 8. The maximum Gasteiger partial charge on any atom is 0.150 e. The number of aliphatic hydroxyl groups is 1. The van der Waals surface area contributed by atoms with Crippen LogP contribution in [0.25, 0.3) is 0 Å². The molecule has 0 saturated heterocycles. The molecule has 0 bridgehead atoms. The Hall–Kier alpha value is -1.35. The molecule has 0 radical (unpaired) electrons. The van der Waals surface area contributed by atoms with Gasteiger partial charge in [0.15, 0.2) is 0 Å². The molecule has 0 heterocycles. The van der Waals surface area contributed by atoms with E-state index >= 15 is 0 Å². The third-order valence-corrected chi connectivity index (χ3v) is 3.59. The lowest BCUT2D eigenvalue weighted by atomic mass is 10.1. The van der Waals surface area contributed by atoms with Crippen molar-refractivity contribution in [3.05, 3.63) is 29.8 Å². The summed E-state index contributed by atoms with van der Waals surface area (Å²) in [7, 11) is 0. The molecule has 0 unspecified atom stereocenters. The van der Waals surface area contributed by atoms with E-state index in [9.17, 15) is 4.79 Å². The number of benzene rings is 1. The zero-order chi connectivity index (χ0) is 17.2. The van der Waals surface area contributed by atoms with E-state index in [1.165, 1.54) is 38.5 Å². The summed E-state index contributed by atoms with van der Waals surface area (Å²) < 4.78 is 5.64. The van der Waals surface area contributed by atoms with Crippen LogP contribution in [0.15, 0.2) is 24.3 Å². The second kappa shape index (κ2) is 17.0. The number of rotatable bonds is 13. The van der Waals surface area contributed by atoms with Gasteiger partial charge in [-0.2, -0.15) is 0 Å². The standard InChI is InChI=1S/C18H28O3.C2H6/c19-14-8-6-4-2-1-3-5-7-9-15-21-18-12-10-17(16-20)11-13-18;1-2/h10-13,16,19H,1-9,14-15H2;1-2H3. The van der Waals surface area contributed by atoms with Crippen molar-refractivity contribution < 1.29 is 14.6 Å². The molecule has 132 valence electrons. The van der Waals surface area contributed by atoms with Crippen LogP contribution in [0.3, 0.4) is 0 Å². The maximum atomic E-state index is 10.5. The molecule has 0 fully saturated rings. The SMILES string of the molecule is CC.O=Cc1ccc(OCCCCCCCCCCCO)cc1. The summed E-state index contributed by atoms with van der Waals surface area (Å²) in [6.45, 7) is 5.08. The Morgan fingerprint density at radius 3 is 1.78 bits per heavy atom. The number of carbonyl (C=O) groups excluding carboxylic acids is 1. The smallest absolute Gasteiger partial charge is 0.150 e. The van der Waals surface area contributed by atoms with E-state index in [4.69, 9.17) is 9.84 Å². The van der Waals surface area contributed by atoms with E-state index < -0.39 is 0 Å². The first-order valence-corrected chi connectivity index (χ1v) is 9.15. The minimum Gasteiger partial charge on any atom is -0.494 e. The molecule has 1 aromatic carbocycles. The van der Waals surface area contributed by atoms with Crippen LogP contribution in [-0.2, 0) is 0 Å². The second-order valence-corrected chi connectivity index (χ2v) is 5.44. The van der Waals surface area contributed by atoms with Crippen molar-refractivity contribution in [1.29, 1.82) is 0 Å². The Morgan fingerprint density at radius 2 is 1.30 bits per heavy atom. The first kappa shape index (κ1) is 21.6. The van der Waals surface area contributed by atoms with Crippen molar-refractivity contribution in [2.24, 2.45) is 0 Å². The molecule has 0 aliphatic rings. The van der Waals surface area contributed by atoms with Crippen LogP contribution in [0.5, 0.6) is 5.75 Å². The van der Waals surface area contributed by atoms with Crippen molar-refractivity contribution >= 4 is 6.29 Å². The molecule has 1 aromatic rings. The molecule has 0 atom stereocenters. The Kier molecular flexibility index (Phi) is 16.0. The van der Waals surface area contributed by atoms with Gasteiger partial charge in [-0.15, -0.1) is 0 Å². The van der Waals surface area contributed by atoms with Crippen LogP contribution in [0.2, 0.25) is 0 Å². The van der Waals surface area contributed by atoms with Crippen molar-refractivity contribution in [3.63, 3.8) is 0 Å². The van der Waals surface area contributed by atoms with E-state index in [1.54, 1.807) is 12.1 Å². The summed E-state index contributed by atoms with van der Waals surface area (Å²) in [4.78, 5) is 10.5. The molecule has 0 aromatic heterocycles. The Morgan fingerprint density at radius 1 is 0.826 bits per heavy atom. The highest BCUT2D eigenvalue weighted by Crippen LogP contribution is 2.13. The number of aliphatic hydroxyl groups excluding tert-OH is 1. The summed E-state index contributed by atoms with van der Waals surface area (Å²) in [6, 6.07) is 7.24. The molecule has 1 rings (SSSR count). The Balaban J connectivity index is 0.00000232. The largest absolute Gasteiger partial charge is 0.494 e. The Bertz CT molecular complexity index is 360. The summed E-state index contributed by atoms with van der Waals surface area (Å²) in [5.41, 5.74) is 0.682. The molecule has 3 nitrogen and oxygen atoms in total. The lowest BCUT2D eigenvalue weighted by Crippen LogP contribution is -1.97. The van der Waals surface area contributed by atoms with E-state index in [0.717, 1.165) is 37.9 Å². The van der Waals surface area contributed by atoms with Gasteiger partial charge in [-0.05, 0) is 37.1 Å². The van der Waals surface area contributed by atoms with Crippen molar-refractivity contribution in [1.82, 2.24) is 0 Å². The van der Waals surface area contributed by atoms with E-state index in [-0.39, 0.29) is 0 Å². The average Bonchev–Trinajstić information content (AvgIpc) is 2.62. The highest BCUT2D eigenvalue weighted by Gasteiger charge is 1.96. The molecular weight excluding hydrogens is 288 g/mol. The van der Waals surface area contributed by atoms with Gasteiger partial charge in [0.05, 0.1) is 6.61 Å². The fourth-order valence-corrected chi connectivity index (χ4v) is 2.28. The van der Waals surface area contributed by atoms with Crippen molar-refractivity contribution in [2.45, 2.75) is 71.6 Å². The van der Waals surface area contributed by atoms with E-state index in [1.807, 2.05) is 26.0 Å². The monoisotopic (exact) mass is 322 g/mol. The fourth-order valence-electron chi connectivity index (χ4n) is 2.28. The highest BCUT2D eigenvalue weighted by molar-refractivity contribution is 5.74. The van der Waals surface area contributed by atoms with Gasteiger partial charge in [-0.3, -0.25) is 4.79 Å². The van der Waals surface area contributed by atoms with Crippen molar-refractivity contribution in [2.75, 3.05) is 13.2 Å². The van der Waals surface area contributed by atoms with Gasteiger partial charge >= 0.3 is 0 Å². The molecule has 0 spiro atoms. The molecule has 1 N–H and O–H groups in total. The zero-order valence-electron chi connectivity index (χ0n) is 14.9. The predicted octanol–water partition coefficient (Wildman–Crippen LogP) is 5.41. The van der Waals surface area contributed by atoms with Crippen LogP contribution in [0.4, 0.5) is 0 Å². The number of hydrogen-bond donors (Lipinski definition) is 1. The van der Waals surface area contributed by atoms with Gasteiger partial charge in [-0.1, -0.05) is 58.8 Å². The molecule has 0 aliphatic heterocycles. The quantitative estimate of drug-likeness (QED) is 0.390. The van der Waals surface area contributed by atoms with E-state index in [0.29, 0.717) is 12.2 Å². The average molecular weight is 322 g/mol. The first-order valence-electron chi connectivity index (χ1n) is 9.15. The van der Waals surface area contributed by atoms with Gasteiger partial charge in [0.25, 0.3) is 0 Å². The lowest BCUT2D eigenvalue weighted by molar-refractivity contribution is 0.112. The Labute approximate surface area is 142 Å². The summed E-state index contributed by atoms with van der Waals surface area (Å²) in [5, 5.41) is 8.67. The highest BCUT2D eigenvalue weighted by atomic mass is 16.5. The lowest BCUT2D eigenvalue weighted by Gasteiger charge is -2.06. The van der Waals surface area contributed by atoms with Crippen LogP contribution in [-0.4, -0.2) is 24.6 Å². The number of ether oxygens (including phenoxy) is 1. The minimum absolute atomic E-state index is 0.331. The minimum atomic E-state index is 0.331. The summed E-state index contributed by atoms with van der Waals surface area (Å²) in [6.07, 6.45) is 11.7. The van der Waals surface area contributed by atoms with Crippen LogP contribution >= 0.6 is 0 Å². The molecule has 0 aliphatic carbocycles. The molecule has 23 heavy (non-hydrogen) atoms. The second-order valence-electron chi connectivity index (χ2n) is 5.44. The van der Waals surface area contributed by atoms with Crippen LogP contribution in [0, 0.1) is 0 Å². The van der Waals surface area contributed by atoms with Gasteiger partial charge in [0, 0.05) is 12.2 Å². The molecule has 3 heteroatoms. The maximum absolute atomic E-state index is 10.5. The van der Waals surface area contributed by atoms with E-state index in [2.05, 4.69) is 0 Å². The summed E-state index contributed by atoms with van der Waals surface area (Å²) >= 11 is 0. The predicted molar refractivity (Wildman–Crippen MR) is 97.3 cm³/mol. The third-order valence-electron chi connectivity index (χ3n) is 3.59. The van der Waals surface area contributed by atoms with Crippen LogP contribution < -0.4 is 4.74 Å². The van der Waals surface area contributed by atoms with Gasteiger partial charge in [-0.25, -0.2) is 0 Å². The van der Waals surface area contributed by atoms with Gasteiger partial charge in [0.2, 0.25) is 0 Å². The van der Waals surface area contributed by atoms with Crippen molar-refractivity contribution in [3.8, 4) is 5.75 Å². The van der Waals surface area contributed by atoms with Gasteiger partial charge < -0.3 is 9.84 Å². The first-order chi connectivity index (χ1) is 11.4. The zero-order valence-corrected chi connectivity index (χ0v) is 14.9. The summed E-state index contributed by atoms with van der Waals surface area (Å²) in [5.74, 6) is 0.837. The molecular formula is C20H34O3. The third kappa shape index (κ3) is 12.8.